The molecule has 17 nitrogen and oxygen atoms in total. The molecule has 2 aliphatic heterocycles. The molecule has 2 saturated heterocycles. The first-order chi connectivity index (χ1) is 19.9. The molecule has 3 rings (SSSR count). The van der Waals surface area contributed by atoms with E-state index >= 15 is 0 Å². The number of carbonyl (C=O) groups excluding carboxylic acids is 1. The van der Waals surface area contributed by atoms with Crippen LogP contribution >= 0.6 is 0 Å². The molecule has 2 heterocycles. The zero-order chi connectivity index (χ0) is 31.3. The van der Waals surface area contributed by atoms with E-state index in [1.807, 2.05) is 0 Å². The largest absolute Gasteiger partial charge is 0.395 e. The highest BCUT2D eigenvalue weighted by Crippen LogP contribution is 2.36. The molecule has 0 aromatic heterocycles. The first kappa shape index (κ1) is 35.3. The van der Waals surface area contributed by atoms with Crippen LogP contribution in [0.4, 0.5) is 4.39 Å². The van der Waals surface area contributed by atoms with Gasteiger partial charge < -0.3 is 83.5 Å². The Morgan fingerprint density at radius 3 is 2.31 bits per heavy atom. The van der Waals surface area contributed by atoms with Gasteiger partial charge in [0, 0.05) is 37.6 Å². The predicted molar refractivity (Wildman–Crippen MR) is 142 cm³/mol. The molecular weight excluding hydrogens is 567 g/mol. The summed E-state index contributed by atoms with van der Waals surface area (Å²) in [5, 5.41) is 77.1. The van der Waals surface area contributed by atoms with Crippen molar-refractivity contribution >= 4 is 5.91 Å². The maximum absolute atomic E-state index is 14.0. The average Bonchev–Trinajstić information content (AvgIpc) is 2.95. The molecule has 17 N–H and O–H groups in total. The first-order valence-corrected chi connectivity index (χ1v) is 14.1. The smallest absolute Gasteiger partial charge is 0.252 e. The standard InChI is InChI=1S/C24H47FN6O11/c25-8(5-26)17(35)23(39)31-11-3-9(27)15(21-10(28)4-12(34)13(40-21)6-30-1-2-32)19(37)22(11)42-24-20(38)16(29)18(36)14(7-33)41-24/h8-22,24,30,32-38H,1-7,26-29H2,(H,31,39). The molecule has 1 saturated carbocycles. The number of rotatable bonds is 12. The van der Waals surface area contributed by atoms with Gasteiger partial charge in [-0.1, -0.05) is 0 Å². The van der Waals surface area contributed by atoms with Crippen LogP contribution in [0.2, 0.25) is 0 Å². The molecule has 3 fully saturated rings. The number of aliphatic hydroxyl groups is 7. The van der Waals surface area contributed by atoms with E-state index in [0.29, 0.717) is 0 Å². The van der Waals surface area contributed by atoms with Crippen molar-refractivity contribution in [1.82, 2.24) is 10.6 Å². The van der Waals surface area contributed by atoms with Crippen molar-refractivity contribution in [2.24, 2.45) is 28.9 Å². The van der Waals surface area contributed by atoms with Gasteiger partial charge in [0.25, 0.3) is 5.91 Å². The number of halogens is 1. The zero-order valence-electron chi connectivity index (χ0n) is 23.1. The summed E-state index contributed by atoms with van der Waals surface area (Å²) in [6.45, 7) is -1.04. The summed E-state index contributed by atoms with van der Waals surface area (Å²) in [5.41, 5.74) is 23.9. The number of nitrogens with one attached hydrogen (secondary N) is 2. The number of aliphatic hydroxyl groups excluding tert-OH is 7. The minimum atomic E-state index is -2.13. The van der Waals surface area contributed by atoms with Crippen molar-refractivity contribution in [3.8, 4) is 0 Å². The fourth-order valence-electron chi connectivity index (χ4n) is 5.84. The van der Waals surface area contributed by atoms with Gasteiger partial charge in [-0.15, -0.1) is 0 Å². The van der Waals surface area contributed by atoms with Gasteiger partial charge in [-0.3, -0.25) is 4.79 Å². The number of carbonyl (C=O) groups is 1. The average molecular weight is 615 g/mol. The quantitative estimate of drug-likeness (QED) is 0.0908. The van der Waals surface area contributed by atoms with Crippen LogP contribution in [-0.4, -0.2) is 166 Å². The number of amides is 1. The maximum atomic E-state index is 14.0. The second kappa shape index (κ2) is 15.7. The van der Waals surface area contributed by atoms with E-state index in [0.717, 1.165) is 0 Å². The van der Waals surface area contributed by atoms with Crippen LogP contribution in [0.1, 0.15) is 12.8 Å². The van der Waals surface area contributed by atoms with Gasteiger partial charge >= 0.3 is 0 Å². The topological polar surface area (TPSA) is 315 Å². The summed E-state index contributed by atoms with van der Waals surface area (Å²) in [7, 11) is 0. The SMILES string of the molecule is NCC(F)C(O)C(=O)NC1CC(N)C(C2OC(CNCCO)C(O)CC2N)C(O)C1OC1OC(CO)C(O)C(N)C1O. The van der Waals surface area contributed by atoms with E-state index in [2.05, 4.69) is 10.6 Å². The van der Waals surface area contributed by atoms with Gasteiger partial charge in [-0.25, -0.2) is 4.39 Å². The van der Waals surface area contributed by atoms with E-state index in [1.54, 1.807) is 0 Å². The van der Waals surface area contributed by atoms with Gasteiger partial charge in [0.05, 0.1) is 49.7 Å². The van der Waals surface area contributed by atoms with Crippen LogP contribution in [0.3, 0.4) is 0 Å². The Bertz CT molecular complexity index is 855. The third-order valence-electron chi connectivity index (χ3n) is 8.25. The lowest BCUT2D eigenvalue weighted by atomic mass is 9.72. The lowest BCUT2D eigenvalue weighted by Gasteiger charge is -2.51. The molecule has 16 atom stereocenters. The molecular formula is C24H47FN6O11. The fraction of sp³-hybridized carbons (Fsp3) is 0.958. The van der Waals surface area contributed by atoms with Gasteiger partial charge in [0.15, 0.2) is 12.4 Å². The maximum Gasteiger partial charge on any atom is 0.252 e. The van der Waals surface area contributed by atoms with Crippen molar-refractivity contribution < 1.29 is 59.1 Å². The summed E-state index contributed by atoms with van der Waals surface area (Å²) in [5.74, 6) is -2.11. The van der Waals surface area contributed by atoms with E-state index in [9.17, 15) is 39.8 Å². The molecule has 1 amide bonds. The predicted octanol–water partition coefficient (Wildman–Crippen LogP) is -7.58. The van der Waals surface area contributed by atoms with E-state index in [4.69, 9.17) is 42.3 Å². The number of hydrogen-bond donors (Lipinski definition) is 13. The minimum Gasteiger partial charge on any atom is -0.395 e. The lowest BCUT2D eigenvalue weighted by molar-refractivity contribution is -0.306. The number of ether oxygens (including phenoxy) is 3. The minimum absolute atomic E-state index is 0.0936. The Balaban J connectivity index is 1.88. The van der Waals surface area contributed by atoms with E-state index in [-0.39, 0.29) is 32.5 Å². The van der Waals surface area contributed by atoms with Crippen molar-refractivity contribution in [3.63, 3.8) is 0 Å². The molecule has 246 valence electrons. The normalized spacial score (nSPS) is 44.4. The highest BCUT2D eigenvalue weighted by Gasteiger charge is 2.54. The molecule has 16 unspecified atom stereocenters. The Labute approximate surface area is 242 Å². The van der Waals surface area contributed by atoms with Crippen LogP contribution in [-0.2, 0) is 19.0 Å². The lowest BCUT2D eigenvalue weighted by Crippen LogP contribution is -2.70. The van der Waals surface area contributed by atoms with Crippen molar-refractivity contribution in [3.05, 3.63) is 0 Å². The first-order valence-electron chi connectivity index (χ1n) is 14.1. The van der Waals surface area contributed by atoms with Crippen LogP contribution < -0.4 is 33.6 Å². The van der Waals surface area contributed by atoms with Crippen molar-refractivity contribution in [1.29, 1.82) is 0 Å². The Hall–Kier alpha value is -1.20. The number of nitrogens with two attached hydrogens (primary N) is 4. The van der Waals surface area contributed by atoms with E-state index < -0.39 is 117 Å². The van der Waals surface area contributed by atoms with Crippen LogP contribution in [0.5, 0.6) is 0 Å². The summed E-state index contributed by atoms with van der Waals surface area (Å²) in [4.78, 5) is 12.7. The second-order valence-electron chi connectivity index (χ2n) is 11.2. The molecule has 1 aliphatic carbocycles. The Kier molecular flexibility index (Phi) is 13.2. The fourth-order valence-corrected chi connectivity index (χ4v) is 5.84. The highest BCUT2D eigenvalue weighted by molar-refractivity contribution is 5.81. The van der Waals surface area contributed by atoms with Crippen molar-refractivity contribution in [2.45, 2.75) is 104 Å². The van der Waals surface area contributed by atoms with Gasteiger partial charge in [0.1, 0.15) is 30.6 Å². The van der Waals surface area contributed by atoms with Gasteiger partial charge in [-0.2, -0.15) is 0 Å². The molecule has 42 heavy (non-hydrogen) atoms. The summed E-state index contributed by atoms with van der Waals surface area (Å²) in [6.07, 6.45) is -15.8. The Morgan fingerprint density at radius 1 is 1.00 bits per heavy atom. The summed E-state index contributed by atoms with van der Waals surface area (Å²) >= 11 is 0. The molecule has 0 aromatic rings. The zero-order valence-corrected chi connectivity index (χ0v) is 23.1. The summed E-state index contributed by atoms with van der Waals surface area (Å²) in [6, 6.07) is -4.17. The van der Waals surface area contributed by atoms with Crippen LogP contribution in [0.25, 0.3) is 0 Å². The molecule has 0 spiro atoms. The molecule has 0 aromatic carbocycles. The van der Waals surface area contributed by atoms with Crippen LogP contribution in [0, 0.1) is 5.92 Å². The molecule has 0 bridgehead atoms. The third kappa shape index (κ3) is 7.89. The van der Waals surface area contributed by atoms with Crippen LogP contribution in [0.15, 0.2) is 0 Å². The van der Waals surface area contributed by atoms with Crippen molar-refractivity contribution in [2.75, 3.05) is 32.8 Å². The molecule has 18 heteroatoms. The number of hydrogen-bond acceptors (Lipinski definition) is 16. The van der Waals surface area contributed by atoms with Gasteiger partial charge in [0.2, 0.25) is 0 Å². The third-order valence-corrected chi connectivity index (χ3v) is 8.25. The van der Waals surface area contributed by atoms with E-state index in [1.165, 1.54) is 0 Å². The monoisotopic (exact) mass is 614 g/mol. The highest BCUT2D eigenvalue weighted by atomic mass is 19.1. The molecule has 3 aliphatic rings. The Morgan fingerprint density at radius 2 is 1.69 bits per heavy atom. The second-order valence-corrected chi connectivity index (χ2v) is 11.2. The number of alkyl halides is 1. The van der Waals surface area contributed by atoms with Gasteiger partial charge in [-0.05, 0) is 12.8 Å². The summed E-state index contributed by atoms with van der Waals surface area (Å²) < 4.78 is 31.5. The molecule has 0 radical (unpaired) electrons.